The molecular formula is C25H33N3O3. The highest BCUT2D eigenvalue weighted by Gasteiger charge is 2.45. The molecule has 6 heteroatoms. The van der Waals surface area contributed by atoms with Crippen LogP contribution in [0.3, 0.4) is 0 Å². The Labute approximate surface area is 185 Å². The van der Waals surface area contributed by atoms with Crippen LogP contribution in [-0.2, 0) is 27.3 Å². The maximum atomic E-state index is 13.1. The molecule has 0 aliphatic carbocycles. The lowest BCUT2D eigenvalue weighted by Gasteiger charge is -2.41. The number of rotatable bonds is 8. The lowest BCUT2D eigenvalue weighted by Crippen LogP contribution is -2.53. The molecule has 1 aromatic carbocycles. The molecule has 1 aromatic heterocycles. The first-order valence-electron chi connectivity index (χ1n) is 11.0. The molecule has 1 fully saturated rings. The van der Waals surface area contributed by atoms with E-state index in [2.05, 4.69) is 24.0 Å². The van der Waals surface area contributed by atoms with Gasteiger partial charge in [-0.25, -0.2) is 0 Å². The number of likely N-dealkylation sites (tertiary alicyclic amines) is 1. The van der Waals surface area contributed by atoms with Crippen LogP contribution >= 0.6 is 0 Å². The first kappa shape index (κ1) is 22.9. The average molecular weight is 424 g/mol. The van der Waals surface area contributed by atoms with Crippen molar-refractivity contribution in [3.8, 4) is 0 Å². The molecule has 1 aliphatic heterocycles. The van der Waals surface area contributed by atoms with Crippen molar-refractivity contribution >= 4 is 11.9 Å². The fourth-order valence-corrected chi connectivity index (χ4v) is 4.38. The number of likely N-dealkylation sites (N-methyl/N-ethyl adjacent to an activating group) is 1. The SMILES string of the molecule is CCOC(=O)[C@]1(Cc2ccccc2C)CCCN(C(=O)CN(C)Cc2cccnc2)C1. The lowest BCUT2D eigenvalue weighted by molar-refractivity contribution is -0.161. The van der Waals surface area contributed by atoms with Crippen LogP contribution in [0.2, 0.25) is 0 Å². The molecule has 1 amide bonds. The van der Waals surface area contributed by atoms with E-state index in [1.165, 1.54) is 0 Å². The summed E-state index contributed by atoms with van der Waals surface area (Å²) in [6.07, 6.45) is 5.67. The highest BCUT2D eigenvalue weighted by Crippen LogP contribution is 2.36. The Morgan fingerprint density at radius 2 is 2.03 bits per heavy atom. The molecule has 3 rings (SSSR count). The maximum absolute atomic E-state index is 13.1. The second kappa shape index (κ2) is 10.5. The number of aromatic nitrogens is 1. The number of amides is 1. The van der Waals surface area contributed by atoms with E-state index in [4.69, 9.17) is 4.74 Å². The number of piperidine rings is 1. The van der Waals surface area contributed by atoms with Gasteiger partial charge < -0.3 is 9.64 Å². The van der Waals surface area contributed by atoms with Gasteiger partial charge in [-0.3, -0.25) is 19.5 Å². The third kappa shape index (κ3) is 5.91. The molecule has 1 atom stereocenters. The van der Waals surface area contributed by atoms with Crippen molar-refractivity contribution in [3.63, 3.8) is 0 Å². The Hall–Kier alpha value is -2.73. The van der Waals surface area contributed by atoms with Crippen LogP contribution < -0.4 is 0 Å². The van der Waals surface area contributed by atoms with Gasteiger partial charge in [-0.15, -0.1) is 0 Å². The predicted octanol–water partition coefficient (Wildman–Crippen LogP) is 3.24. The second-order valence-corrected chi connectivity index (χ2v) is 8.56. The number of ether oxygens (including phenoxy) is 1. The Morgan fingerprint density at radius 1 is 1.23 bits per heavy atom. The predicted molar refractivity (Wildman–Crippen MR) is 120 cm³/mol. The van der Waals surface area contributed by atoms with Gasteiger partial charge in [-0.1, -0.05) is 30.3 Å². The van der Waals surface area contributed by atoms with Crippen LogP contribution in [0.5, 0.6) is 0 Å². The van der Waals surface area contributed by atoms with E-state index in [-0.39, 0.29) is 11.9 Å². The zero-order valence-electron chi connectivity index (χ0n) is 18.8. The summed E-state index contributed by atoms with van der Waals surface area (Å²) in [5.41, 5.74) is 2.67. The van der Waals surface area contributed by atoms with Crippen molar-refractivity contribution in [2.45, 2.75) is 39.7 Å². The van der Waals surface area contributed by atoms with Crippen LogP contribution in [0.1, 0.15) is 36.5 Å². The van der Waals surface area contributed by atoms with Crippen LogP contribution in [0.15, 0.2) is 48.8 Å². The van der Waals surface area contributed by atoms with Gasteiger partial charge in [0.2, 0.25) is 5.91 Å². The Kier molecular flexibility index (Phi) is 7.80. The number of benzene rings is 1. The Morgan fingerprint density at radius 3 is 2.74 bits per heavy atom. The minimum Gasteiger partial charge on any atom is -0.466 e. The van der Waals surface area contributed by atoms with Crippen molar-refractivity contribution in [2.24, 2.45) is 5.41 Å². The van der Waals surface area contributed by atoms with Crippen molar-refractivity contribution in [1.29, 1.82) is 0 Å². The quantitative estimate of drug-likeness (QED) is 0.610. The topological polar surface area (TPSA) is 62.7 Å². The number of hydrogen-bond acceptors (Lipinski definition) is 5. The van der Waals surface area contributed by atoms with Gasteiger partial charge in [0.15, 0.2) is 0 Å². The van der Waals surface area contributed by atoms with E-state index in [1.54, 1.807) is 6.20 Å². The van der Waals surface area contributed by atoms with Gasteiger partial charge in [0.25, 0.3) is 0 Å². The van der Waals surface area contributed by atoms with E-state index in [1.807, 2.05) is 54.2 Å². The van der Waals surface area contributed by atoms with E-state index >= 15 is 0 Å². The van der Waals surface area contributed by atoms with Crippen LogP contribution in [0, 0.1) is 12.3 Å². The molecule has 166 valence electrons. The average Bonchev–Trinajstić information content (AvgIpc) is 2.76. The van der Waals surface area contributed by atoms with Gasteiger partial charge >= 0.3 is 5.97 Å². The molecule has 0 N–H and O–H groups in total. The van der Waals surface area contributed by atoms with Gasteiger partial charge in [-0.2, -0.15) is 0 Å². The molecule has 0 unspecified atom stereocenters. The standard InChI is InChI=1S/C25H33N3O3/c1-4-31-24(30)25(15-22-11-6-5-9-20(22)2)12-8-14-28(19-25)23(29)18-27(3)17-21-10-7-13-26-16-21/h5-7,9-11,13,16H,4,8,12,14-15,17-19H2,1-3H3/t25-/m0/s1. The largest absolute Gasteiger partial charge is 0.466 e. The molecule has 31 heavy (non-hydrogen) atoms. The first-order chi connectivity index (χ1) is 14.9. The maximum Gasteiger partial charge on any atom is 0.314 e. The zero-order valence-corrected chi connectivity index (χ0v) is 18.8. The third-order valence-electron chi connectivity index (χ3n) is 6.01. The normalized spacial score (nSPS) is 18.8. The summed E-state index contributed by atoms with van der Waals surface area (Å²) in [6.45, 7) is 6.27. The summed E-state index contributed by atoms with van der Waals surface area (Å²) in [7, 11) is 1.93. The minimum atomic E-state index is -0.696. The summed E-state index contributed by atoms with van der Waals surface area (Å²) >= 11 is 0. The monoisotopic (exact) mass is 423 g/mol. The number of esters is 1. The molecule has 0 saturated carbocycles. The van der Waals surface area contributed by atoms with Gasteiger partial charge in [0, 0.05) is 32.0 Å². The highest BCUT2D eigenvalue weighted by atomic mass is 16.5. The number of hydrogen-bond donors (Lipinski definition) is 0. The van der Waals surface area contributed by atoms with Gasteiger partial charge in [0.05, 0.1) is 18.6 Å². The van der Waals surface area contributed by atoms with Gasteiger partial charge in [0.1, 0.15) is 0 Å². The number of pyridine rings is 1. The van der Waals surface area contributed by atoms with Crippen molar-refractivity contribution in [1.82, 2.24) is 14.8 Å². The molecule has 2 heterocycles. The van der Waals surface area contributed by atoms with E-state index in [9.17, 15) is 9.59 Å². The van der Waals surface area contributed by atoms with E-state index in [0.717, 1.165) is 29.5 Å². The molecular weight excluding hydrogens is 390 g/mol. The summed E-state index contributed by atoms with van der Waals surface area (Å²) < 4.78 is 5.49. The zero-order chi connectivity index (χ0) is 22.3. The van der Waals surface area contributed by atoms with Gasteiger partial charge in [-0.05, 0) is 62.9 Å². The lowest BCUT2D eigenvalue weighted by atomic mass is 9.74. The summed E-state index contributed by atoms with van der Waals surface area (Å²) in [5, 5.41) is 0. The summed E-state index contributed by atoms with van der Waals surface area (Å²) in [4.78, 5) is 34.2. The second-order valence-electron chi connectivity index (χ2n) is 8.56. The number of nitrogens with zero attached hydrogens (tertiary/aromatic N) is 3. The van der Waals surface area contributed by atoms with Crippen LogP contribution in [0.4, 0.5) is 0 Å². The molecule has 0 spiro atoms. The summed E-state index contributed by atoms with van der Waals surface area (Å²) in [5.74, 6) is -0.149. The number of carbonyl (C=O) groups is 2. The third-order valence-corrected chi connectivity index (χ3v) is 6.01. The van der Waals surface area contributed by atoms with Crippen molar-refractivity contribution in [3.05, 3.63) is 65.5 Å². The number of aryl methyl sites for hydroxylation is 1. The smallest absolute Gasteiger partial charge is 0.314 e. The highest BCUT2D eigenvalue weighted by molar-refractivity contribution is 5.82. The molecule has 2 aromatic rings. The van der Waals surface area contributed by atoms with E-state index < -0.39 is 5.41 Å². The molecule has 1 aliphatic rings. The van der Waals surface area contributed by atoms with Crippen molar-refractivity contribution < 1.29 is 14.3 Å². The molecule has 1 saturated heterocycles. The molecule has 6 nitrogen and oxygen atoms in total. The van der Waals surface area contributed by atoms with Crippen molar-refractivity contribution in [2.75, 3.05) is 33.3 Å². The minimum absolute atomic E-state index is 0.0459. The van der Waals surface area contributed by atoms with Crippen LogP contribution in [-0.4, -0.2) is 59.9 Å². The van der Waals surface area contributed by atoms with Crippen LogP contribution in [0.25, 0.3) is 0 Å². The van der Waals surface area contributed by atoms with E-state index in [0.29, 0.717) is 39.2 Å². The number of carbonyl (C=O) groups excluding carboxylic acids is 2. The fraction of sp³-hybridized carbons (Fsp3) is 0.480. The molecule has 0 radical (unpaired) electrons. The fourth-order valence-electron chi connectivity index (χ4n) is 4.38. The summed E-state index contributed by atoms with van der Waals surface area (Å²) in [6, 6.07) is 12.0. The molecule has 0 bridgehead atoms. The first-order valence-corrected chi connectivity index (χ1v) is 11.0. The Balaban J connectivity index is 1.72. The Bertz CT molecular complexity index is 887.